The van der Waals surface area contributed by atoms with E-state index >= 15 is 0 Å². The molecular weight excluding hydrogens is 331 g/mol. The van der Waals surface area contributed by atoms with Crippen LogP contribution in [0.1, 0.15) is 18.4 Å². The maximum Gasteiger partial charge on any atom is 0.129 e. The first kappa shape index (κ1) is 16.1. The Kier molecular flexibility index (Phi) is 4.77. The number of pyridine rings is 1. The van der Waals surface area contributed by atoms with E-state index in [0.29, 0.717) is 36.0 Å². The quantitative estimate of drug-likeness (QED) is 0.798. The van der Waals surface area contributed by atoms with Gasteiger partial charge in [0.1, 0.15) is 11.4 Å². The van der Waals surface area contributed by atoms with Crippen molar-refractivity contribution in [2.75, 3.05) is 18.0 Å². The van der Waals surface area contributed by atoms with Crippen LogP contribution in [0.3, 0.4) is 0 Å². The lowest BCUT2D eigenvalue weighted by molar-refractivity contribution is 0.0745. The molecule has 0 spiro atoms. The van der Waals surface area contributed by atoms with Gasteiger partial charge in [-0.15, -0.1) is 0 Å². The van der Waals surface area contributed by atoms with Crippen molar-refractivity contribution in [1.82, 2.24) is 4.98 Å². The number of anilines is 1. The van der Waals surface area contributed by atoms with Crippen LogP contribution in [0, 0.1) is 11.8 Å². The van der Waals surface area contributed by atoms with E-state index in [2.05, 4.69) is 21.7 Å². The SMILES string of the molecule is OC1(C#Cc2cccc(Cl)c2)CCN(c2cc(Cl)ccn2)CC1. The van der Waals surface area contributed by atoms with Crippen molar-refractivity contribution >= 4 is 29.0 Å². The zero-order valence-electron chi connectivity index (χ0n) is 12.5. The number of halogens is 2. The molecule has 2 heterocycles. The normalized spacial score (nSPS) is 16.6. The van der Waals surface area contributed by atoms with Crippen LogP contribution in [-0.2, 0) is 0 Å². The van der Waals surface area contributed by atoms with Crippen molar-refractivity contribution in [3.63, 3.8) is 0 Å². The first-order valence-corrected chi connectivity index (χ1v) is 8.17. The van der Waals surface area contributed by atoms with Crippen LogP contribution in [0.5, 0.6) is 0 Å². The van der Waals surface area contributed by atoms with Gasteiger partial charge in [0, 0.05) is 47.7 Å². The average molecular weight is 347 g/mol. The van der Waals surface area contributed by atoms with E-state index < -0.39 is 5.60 Å². The van der Waals surface area contributed by atoms with E-state index in [-0.39, 0.29) is 0 Å². The minimum absolute atomic E-state index is 0.564. The maximum absolute atomic E-state index is 10.6. The minimum Gasteiger partial charge on any atom is -0.377 e. The lowest BCUT2D eigenvalue weighted by atomic mass is 9.91. The number of hydrogen-bond donors (Lipinski definition) is 1. The summed E-state index contributed by atoms with van der Waals surface area (Å²) in [6, 6.07) is 10.9. The highest BCUT2D eigenvalue weighted by Gasteiger charge is 2.31. The number of hydrogen-bond acceptors (Lipinski definition) is 3. The highest BCUT2D eigenvalue weighted by Crippen LogP contribution is 2.26. The molecule has 0 unspecified atom stereocenters. The molecule has 1 saturated heterocycles. The van der Waals surface area contributed by atoms with Crippen LogP contribution in [0.4, 0.5) is 5.82 Å². The molecule has 1 aromatic heterocycles. The molecule has 0 saturated carbocycles. The standard InChI is InChI=1S/C18H16Cl2N2O/c19-15-3-1-2-14(12-15)4-6-18(23)7-10-22(11-8-18)17-13-16(20)5-9-21-17/h1-3,5,9,12-13,23H,7-8,10-11H2. The molecule has 0 aliphatic carbocycles. The number of aromatic nitrogens is 1. The van der Waals surface area contributed by atoms with Crippen LogP contribution < -0.4 is 4.90 Å². The first-order chi connectivity index (χ1) is 11.0. The largest absolute Gasteiger partial charge is 0.377 e. The van der Waals surface area contributed by atoms with Crippen molar-refractivity contribution < 1.29 is 5.11 Å². The van der Waals surface area contributed by atoms with E-state index in [1.54, 1.807) is 24.4 Å². The minimum atomic E-state index is -0.975. The smallest absolute Gasteiger partial charge is 0.129 e. The maximum atomic E-state index is 10.6. The average Bonchev–Trinajstić information content (AvgIpc) is 2.54. The van der Waals surface area contributed by atoms with Crippen LogP contribution >= 0.6 is 23.2 Å². The van der Waals surface area contributed by atoms with Crippen molar-refractivity contribution in [3.05, 3.63) is 58.2 Å². The first-order valence-electron chi connectivity index (χ1n) is 7.42. The Morgan fingerprint density at radius 2 is 1.83 bits per heavy atom. The van der Waals surface area contributed by atoms with Gasteiger partial charge in [-0.05, 0) is 30.3 Å². The summed E-state index contributed by atoms with van der Waals surface area (Å²) in [6.07, 6.45) is 2.82. The Balaban J connectivity index is 1.68. The Labute approximate surface area is 145 Å². The van der Waals surface area contributed by atoms with Crippen molar-refractivity contribution in [2.24, 2.45) is 0 Å². The van der Waals surface area contributed by atoms with E-state index in [0.717, 1.165) is 11.4 Å². The fourth-order valence-corrected chi connectivity index (χ4v) is 2.90. The van der Waals surface area contributed by atoms with Crippen molar-refractivity contribution in [2.45, 2.75) is 18.4 Å². The summed E-state index contributed by atoms with van der Waals surface area (Å²) >= 11 is 11.9. The Hall–Kier alpha value is -1.73. The summed E-state index contributed by atoms with van der Waals surface area (Å²) in [5.74, 6) is 6.85. The summed E-state index contributed by atoms with van der Waals surface area (Å²) in [5, 5.41) is 11.9. The van der Waals surface area contributed by atoms with Crippen molar-refractivity contribution in [1.29, 1.82) is 0 Å². The lowest BCUT2D eigenvalue weighted by Gasteiger charge is -2.35. The van der Waals surface area contributed by atoms with Gasteiger partial charge in [0.15, 0.2) is 0 Å². The second kappa shape index (κ2) is 6.80. The number of rotatable bonds is 1. The van der Waals surface area contributed by atoms with Gasteiger partial charge in [0.25, 0.3) is 0 Å². The molecule has 2 aromatic rings. The molecule has 1 N–H and O–H groups in total. The highest BCUT2D eigenvalue weighted by atomic mass is 35.5. The van der Waals surface area contributed by atoms with Crippen LogP contribution in [0.2, 0.25) is 10.0 Å². The molecular formula is C18H16Cl2N2O. The molecule has 23 heavy (non-hydrogen) atoms. The van der Waals surface area contributed by atoms with Crippen molar-refractivity contribution in [3.8, 4) is 11.8 Å². The second-order valence-electron chi connectivity index (χ2n) is 5.61. The molecule has 118 valence electrons. The molecule has 1 fully saturated rings. The van der Waals surface area contributed by atoms with Gasteiger partial charge in [-0.25, -0.2) is 4.98 Å². The molecule has 1 aliphatic rings. The van der Waals surface area contributed by atoms with Gasteiger partial charge in [-0.3, -0.25) is 0 Å². The molecule has 1 aliphatic heterocycles. The second-order valence-corrected chi connectivity index (χ2v) is 6.48. The highest BCUT2D eigenvalue weighted by molar-refractivity contribution is 6.31. The molecule has 5 heteroatoms. The van der Waals surface area contributed by atoms with Gasteiger partial charge in [-0.1, -0.05) is 41.1 Å². The van der Waals surface area contributed by atoms with Crippen LogP contribution in [0.25, 0.3) is 0 Å². The Morgan fingerprint density at radius 1 is 1.09 bits per heavy atom. The molecule has 3 rings (SSSR count). The number of aliphatic hydroxyl groups is 1. The topological polar surface area (TPSA) is 36.4 Å². The van der Waals surface area contributed by atoms with Gasteiger partial charge in [-0.2, -0.15) is 0 Å². The Bertz CT molecular complexity index is 759. The predicted molar refractivity (Wildman–Crippen MR) is 94.0 cm³/mol. The lowest BCUT2D eigenvalue weighted by Crippen LogP contribution is -2.43. The van der Waals surface area contributed by atoms with E-state index in [1.165, 1.54) is 0 Å². The summed E-state index contributed by atoms with van der Waals surface area (Å²) in [6.45, 7) is 1.38. The fourth-order valence-electron chi connectivity index (χ4n) is 2.55. The van der Waals surface area contributed by atoms with Gasteiger partial charge in [0.05, 0.1) is 0 Å². The summed E-state index contributed by atoms with van der Waals surface area (Å²) in [5.41, 5.74) is -0.165. The zero-order valence-corrected chi connectivity index (χ0v) is 14.0. The van der Waals surface area contributed by atoms with Gasteiger partial charge < -0.3 is 10.0 Å². The summed E-state index contributed by atoms with van der Waals surface area (Å²) in [7, 11) is 0. The third kappa shape index (κ3) is 4.17. The predicted octanol–water partition coefficient (Wildman–Crippen LogP) is 3.77. The van der Waals surface area contributed by atoms with E-state index in [4.69, 9.17) is 23.2 Å². The summed E-state index contributed by atoms with van der Waals surface area (Å²) in [4.78, 5) is 6.44. The summed E-state index contributed by atoms with van der Waals surface area (Å²) < 4.78 is 0. The molecule has 0 bridgehead atoms. The Morgan fingerprint density at radius 3 is 2.52 bits per heavy atom. The molecule has 3 nitrogen and oxygen atoms in total. The number of benzene rings is 1. The van der Waals surface area contributed by atoms with E-state index in [9.17, 15) is 5.11 Å². The van der Waals surface area contributed by atoms with Gasteiger partial charge in [0.2, 0.25) is 0 Å². The van der Waals surface area contributed by atoms with Crippen LogP contribution in [-0.4, -0.2) is 28.8 Å². The van der Waals surface area contributed by atoms with E-state index in [1.807, 2.05) is 18.2 Å². The fraction of sp³-hybridized carbons (Fsp3) is 0.278. The van der Waals surface area contributed by atoms with Crippen LogP contribution in [0.15, 0.2) is 42.6 Å². The third-order valence-corrected chi connectivity index (χ3v) is 4.36. The molecule has 0 radical (unpaired) electrons. The zero-order chi connectivity index (χ0) is 16.3. The van der Waals surface area contributed by atoms with Gasteiger partial charge >= 0.3 is 0 Å². The third-order valence-electron chi connectivity index (χ3n) is 3.89. The molecule has 0 atom stereocenters. The monoisotopic (exact) mass is 346 g/mol. The molecule has 0 amide bonds. The molecule has 1 aromatic carbocycles. The number of piperidine rings is 1. The number of nitrogens with zero attached hydrogens (tertiary/aromatic N) is 2.